The van der Waals surface area contributed by atoms with Crippen molar-refractivity contribution in [2.75, 3.05) is 51.3 Å². The van der Waals surface area contributed by atoms with Crippen molar-refractivity contribution in [3.63, 3.8) is 0 Å². The number of halogens is 1. The van der Waals surface area contributed by atoms with E-state index in [1.54, 1.807) is 12.0 Å². The first kappa shape index (κ1) is 33.9. The van der Waals surface area contributed by atoms with E-state index in [2.05, 4.69) is 18.7 Å². The summed E-state index contributed by atoms with van der Waals surface area (Å²) in [7, 11) is -2.36. The Morgan fingerprint density at radius 3 is 2.12 bits per heavy atom. The maximum atomic E-state index is 13.8. The third-order valence-corrected chi connectivity index (χ3v) is 9.73. The minimum absolute atomic E-state index is 0. The van der Waals surface area contributed by atoms with Crippen LogP contribution >= 0.6 is 23.7 Å². The van der Waals surface area contributed by atoms with Gasteiger partial charge in [-0.25, -0.2) is 13.4 Å². The average Bonchev–Trinajstić information content (AvgIpc) is 3.41. The normalized spacial score (nSPS) is 11.2. The third kappa shape index (κ3) is 7.94. The van der Waals surface area contributed by atoms with Crippen LogP contribution < -0.4 is 9.64 Å². The fraction of sp³-hybridized carbons (Fsp3) is 0.429. The highest BCUT2D eigenvalue weighted by molar-refractivity contribution is 7.89. The van der Waals surface area contributed by atoms with Crippen molar-refractivity contribution in [1.82, 2.24) is 14.2 Å². The number of sulfonamides is 1. The molecule has 0 unspecified atom stereocenters. The van der Waals surface area contributed by atoms with Crippen LogP contribution in [0.2, 0.25) is 0 Å². The Morgan fingerprint density at radius 1 is 0.976 bits per heavy atom. The summed E-state index contributed by atoms with van der Waals surface area (Å²) >= 11 is 1.42. The maximum absolute atomic E-state index is 13.8. The Balaban J connectivity index is 0.00000588. The van der Waals surface area contributed by atoms with Gasteiger partial charge in [-0.1, -0.05) is 31.3 Å². The van der Waals surface area contributed by atoms with Crippen molar-refractivity contribution >= 4 is 55.0 Å². The van der Waals surface area contributed by atoms with Crippen LogP contribution in [0.5, 0.6) is 5.75 Å². The van der Waals surface area contributed by atoms with Crippen molar-refractivity contribution < 1.29 is 17.9 Å². The topological polar surface area (TPSA) is 131 Å². The van der Waals surface area contributed by atoms with Crippen molar-refractivity contribution in [2.24, 2.45) is 0 Å². The number of ether oxygens (including phenoxy) is 1. The average molecular weight is 619 g/mol. The Morgan fingerprint density at radius 2 is 1.59 bits per heavy atom. The van der Waals surface area contributed by atoms with Crippen LogP contribution in [0, 0.1) is 29.6 Å². The van der Waals surface area contributed by atoms with Gasteiger partial charge in [-0.2, -0.15) is 14.8 Å². The first-order valence-electron chi connectivity index (χ1n) is 13.0. The molecule has 1 amide bonds. The molecule has 0 atom stereocenters. The van der Waals surface area contributed by atoms with E-state index in [0.29, 0.717) is 35.1 Å². The van der Waals surface area contributed by atoms with Gasteiger partial charge >= 0.3 is 0 Å². The predicted octanol–water partition coefficient (Wildman–Crippen LogP) is 4.84. The minimum atomic E-state index is -3.94. The van der Waals surface area contributed by atoms with Gasteiger partial charge in [0.1, 0.15) is 11.3 Å². The molecule has 1 aromatic heterocycles. The van der Waals surface area contributed by atoms with Crippen LogP contribution in [0.25, 0.3) is 10.2 Å². The molecule has 0 N–H and O–H groups in total. The standard InChI is InChI=1S/C28H34N6O4S2.ClH/c1-5-32(6-2)19-20-34(28-31-25-24(38-4)14-9-21(3)26(25)39-28)27(35)22-10-12-23(13-11-22)40(36,37)33(17-7-15-29)18-8-16-30;/h9-14H,5-8,17-20H2,1-4H3;1H. The lowest BCUT2D eigenvalue weighted by molar-refractivity contribution is 0.0983. The highest BCUT2D eigenvalue weighted by atomic mass is 35.5. The zero-order valence-corrected chi connectivity index (χ0v) is 26.1. The van der Waals surface area contributed by atoms with Gasteiger partial charge in [-0.05, 0) is 55.9 Å². The second-order valence-corrected chi connectivity index (χ2v) is 11.9. The van der Waals surface area contributed by atoms with Gasteiger partial charge in [-0.15, -0.1) is 12.4 Å². The molecule has 0 aliphatic heterocycles. The minimum Gasteiger partial charge on any atom is -0.494 e. The number of carbonyl (C=O) groups is 1. The first-order chi connectivity index (χ1) is 19.2. The monoisotopic (exact) mass is 618 g/mol. The van der Waals surface area contributed by atoms with Crippen LogP contribution in [-0.4, -0.2) is 74.9 Å². The number of amides is 1. The molecule has 0 bridgehead atoms. The van der Waals surface area contributed by atoms with Gasteiger partial charge in [0, 0.05) is 44.6 Å². The summed E-state index contributed by atoms with van der Waals surface area (Å²) in [5.41, 5.74) is 2.05. The van der Waals surface area contributed by atoms with E-state index in [1.165, 1.54) is 35.6 Å². The molecule has 3 aromatic rings. The maximum Gasteiger partial charge on any atom is 0.260 e. The van der Waals surface area contributed by atoms with Crippen molar-refractivity contribution in [2.45, 2.75) is 38.5 Å². The second kappa shape index (κ2) is 15.7. The number of methoxy groups -OCH3 is 1. The molecule has 0 aliphatic carbocycles. The number of likely N-dealkylation sites (N-methyl/N-ethyl adjacent to an activating group) is 1. The predicted molar refractivity (Wildman–Crippen MR) is 163 cm³/mol. The third-order valence-electron chi connectivity index (χ3n) is 6.61. The van der Waals surface area contributed by atoms with Crippen LogP contribution in [0.4, 0.5) is 5.13 Å². The Kier molecular flexibility index (Phi) is 13.0. The smallest absolute Gasteiger partial charge is 0.260 e. The van der Waals surface area contributed by atoms with Crippen LogP contribution in [0.3, 0.4) is 0 Å². The highest BCUT2D eigenvalue weighted by Crippen LogP contribution is 2.37. The SMILES string of the molecule is CCN(CC)CCN(C(=O)c1ccc(S(=O)(=O)N(CCC#N)CCC#N)cc1)c1nc2c(OC)ccc(C)c2s1.Cl. The summed E-state index contributed by atoms with van der Waals surface area (Å²) < 4.78 is 34.0. The van der Waals surface area contributed by atoms with E-state index >= 15 is 0 Å². The lowest BCUT2D eigenvalue weighted by atomic mass is 10.2. The number of anilines is 1. The number of hydrogen-bond donors (Lipinski definition) is 0. The number of fused-ring (bicyclic) bond motifs is 1. The molecule has 0 saturated carbocycles. The quantitative estimate of drug-likeness (QED) is 0.251. The van der Waals surface area contributed by atoms with E-state index in [9.17, 15) is 13.2 Å². The van der Waals surface area contributed by atoms with Crippen LogP contribution in [0.1, 0.15) is 42.6 Å². The summed E-state index contributed by atoms with van der Waals surface area (Å²) in [6, 6.07) is 13.5. The molecule has 0 saturated heterocycles. The number of rotatable bonds is 14. The molecule has 10 nitrogen and oxygen atoms in total. The second-order valence-electron chi connectivity index (χ2n) is 8.99. The number of hydrogen-bond acceptors (Lipinski definition) is 9. The van der Waals surface area contributed by atoms with Gasteiger partial charge in [0.15, 0.2) is 5.13 Å². The van der Waals surface area contributed by atoms with Crippen molar-refractivity contribution in [1.29, 1.82) is 10.5 Å². The molecule has 13 heteroatoms. The summed E-state index contributed by atoms with van der Waals surface area (Å²) in [5, 5.41) is 18.4. The molecule has 1 heterocycles. The first-order valence-corrected chi connectivity index (χ1v) is 15.3. The van der Waals surface area contributed by atoms with E-state index < -0.39 is 10.0 Å². The highest BCUT2D eigenvalue weighted by Gasteiger charge is 2.26. The zero-order valence-electron chi connectivity index (χ0n) is 23.7. The molecule has 0 fully saturated rings. The molecule has 3 rings (SSSR count). The number of nitriles is 2. The fourth-order valence-electron chi connectivity index (χ4n) is 4.22. The summed E-state index contributed by atoms with van der Waals surface area (Å²) in [5.74, 6) is 0.337. The van der Waals surface area contributed by atoms with Crippen molar-refractivity contribution in [3.05, 3.63) is 47.5 Å². The molecular formula is C28H35ClN6O4S2. The summed E-state index contributed by atoms with van der Waals surface area (Å²) in [6.07, 6.45) is 0.0182. The van der Waals surface area contributed by atoms with E-state index in [0.717, 1.165) is 27.7 Å². The van der Waals surface area contributed by atoms with Crippen molar-refractivity contribution in [3.8, 4) is 17.9 Å². The van der Waals surface area contributed by atoms with Crippen LogP contribution in [0.15, 0.2) is 41.3 Å². The lowest BCUT2D eigenvalue weighted by Crippen LogP contribution is -2.39. The molecular weight excluding hydrogens is 584 g/mol. The Hall–Kier alpha value is -3.26. The molecule has 41 heavy (non-hydrogen) atoms. The number of nitrogens with zero attached hydrogens (tertiary/aromatic N) is 6. The largest absolute Gasteiger partial charge is 0.494 e. The number of aryl methyl sites for hydroxylation is 1. The molecule has 0 spiro atoms. The molecule has 0 radical (unpaired) electrons. The molecule has 2 aromatic carbocycles. The van der Waals surface area contributed by atoms with Gasteiger partial charge in [-0.3, -0.25) is 9.69 Å². The van der Waals surface area contributed by atoms with Gasteiger partial charge in [0.25, 0.3) is 5.91 Å². The van der Waals surface area contributed by atoms with Gasteiger partial charge < -0.3 is 9.64 Å². The zero-order chi connectivity index (χ0) is 29.3. The number of carbonyl (C=O) groups excluding carboxylic acids is 1. The molecule has 0 aliphatic rings. The number of benzene rings is 2. The number of thiazole rings is 1. The fourth-order valence-corrected chi connectivity index (χ4v) is 6.74. The summed E-state index contributed by atoms with van der Waals surface area (Å²) in [6.45, 7) is 8.82. The van der Waals surface area contributed by atoms with E-state index in [-0.39, 0.29) is 49.1 Å². The molecule has 220 valence electrons. The lowest BCUT2D eigenvalue weighted by Gasteiger charge is -2.25. The number of aromatic nitrogens is 1. The van der Waals surface area contributed by atoms with Gasteiger partial charge in [0.2, 0.25) is 10.0 Å². The Bertz CT molecular complexity index is 1490. The Labute approximate surface area is 252 Å². The van der Waals surface area contributed by atoms with E-state index in [1.807, 2.05) is 31.2 Å². The van der Waals surface area contributed by atoms with Gasteiger partial charge in [0.05, 0.1) is 28.8 Å². The van der Waals surface area contributed by atoms with E-state index in [4.69, 9.17) is 20.2 Å². The summed E-state index contributed by atoms with van der Waals surface area (Å²) in [4.78, 5) is 22.5. The van der Waals surface area contributed by atoms with Crippen LogP contribution in [-0.2, 0) is 10.0 Å².